The standard InChI is InChI=1S/C14H25N3O/c1-10(13-9-17(3)16-11(13)2)15-8-12-6-4-5-7-14(12)18/h9-10,12,14-15,18H,4-8H2,1-3H3. The molecular weight excluding hydrogens is 226 g/mol. The lowest BCUT2D eigenvalue weighted by Gasteiger charge is -2.29. The molecule has 0 bridgehead atoms. The first-order valence-corrected chi connectivity index (χ1v) is 6.99. The first-order chi connectivity index (χ1) is 8.58. The second-order valence-electron chi connectivity index (χ2n) is 5.59. The quantitative estimate of drug-likeness (QED) is 0.859. The zero-order chi connectivity index (χ0) is 13.1. The van der Waals surface area contributed by atoms with Crippen molar-refractivity contribution in [2.45, 2.75) is 51.7 Å². The average Bonchev–Trinajstić information content (AvgIpc) is 2.67. The van der Waals surface area contributed by atoms with Crippen LogP contribution in [0.2, 0.25) is 0 Å². The minimum atomic E-state index is -0.117. The lowest BCUT2D eigenvalue weighted by atomic mass is 9.86. The topological polar surface area (TPSA) is 50.1 Å². The molecule has 4 nitrogen and oxygen atoms in total. The summed E-state index contributed by atoms with van der Waals surface area (Å²) in [7, 11) is 1.95. The van der Waals surface area contributed by atoms with Crippen molar-refractivity contribution < 1.29 is 5.11 Å². The van der Waals surface area contributed by atoms with Crippen LogP contribution in [0.4, 0.5) is 0 Å². The van der Waals surface area contributed by atoms with E-state index in [0.29, 0.717) is 12.0 Å². The molecule has 1 heterocycles. The van der Waals surface area contributed by atoms with Gasteiger partial charge in [-0.15, -0.1) is 0 Å². The normalized spacial score (nSPS) is 26.2. The molecule has 0 aromatic carbocycles. The summed E-state index contributed by atoms with van der Waals surface area (Å²) in [5, 5.41) is 17.9. The first kappa shape index (κ1) is 13.6. The smallest absolute Gasteiger partial charge is 0.0641 e. The maximum atomic E-state index is 9.95. The summed E-state index contributed by atoms with van der Waals surface area (Å²) in [4.78, 5) is 0. The van der Waals surface area contributed by atoms with Gasteiger partial charge in [-0.25, -0.2) is 0 Å². The van der Waals surface area contributed by atoms with Crippen molar-refractivity contribution in [1.29, 1.82) is 0 Å². The van der Waals surface area contributed by atoms with E-state index in [9.17, 15) is 5.11 Å². The monoisotopic (exact) mass is 251 g/mol. The molecule has 3 unspecified atom stereocenters. The van der Waals surface area contributed by atoms with Crippen molar-refractivity contribution in [3.63, 3.8) is 0 Å². The predicted molar refractivity (Wildman–Crippen MR) is 72.3 cm³/mol. The number of aryl methyl sites for hydroxylation is 2. The number of nitrogens with one attached hydrogen (secondary N) is 1. The van der Waals surface area contributed by atoms with Gasteiger partial charge in [-0.3, -0.25) is 4.68 Å². The number of hydrogen-bond acceptors (Lipinski definition) is 3. The minimum absolute atomic E-state index is 0.117. The molecule has 0 saturated heterocycles. The number of aromatic nitrogens is 2. The number of aliphatic hydroxyl groups excluding tert-OH is 1. The highest BCUT2D eigenvalue weighted by Gasteiger charge is 2.23. The summed E-state index contributed by atoms with van der Waals surface area (Å²) in [5.41, 5.74) is 2.34. The van der Waals surface area contributed by atoms with Gasteiger partial charge in [0.25, 0.3) is 0 Å². The second kappa shape index (κ2) is 5.85. The van der Waals surface area contributed by atoms with E-state index < -0.39 is 0 Å². The molecule has 2 N–H and O–H groups in total. The fourth-order valence-corrected chi connectivity index (χ4v) is 2.91. The Morgan fingerprint density at radius 2 is 2.22 bits per heavy atom. The number of hydrogen-bond donors (Lipinski definition) is 2. The molecule has 1 aliphatic carbocycles. The van der Waals surface area contributed by atoms with E-state index >= 15 is 0 Å². The van der Waals surface area contributed by atoms with Crippen LogP contribution in [0.25, 0.3) is 0 Å². The third-order valence-corrected chi connectivity index (χ3v) is 4.07. The second-order valence-corrected chi connectivity index (χ2v) is 5.59. The molecule has 102 valence electrons. The predicted octanol–water partition coefficient (Wildman–Crippen LogP) is 1.93. The molecule has 1 aromatic heterocycles. The number of rotatable bonds is 4. The lowest BCUT2D eigenvalue weighted by molar-refractivity contribution is 0.0684. The SMILES string of the molecule is Cc1nn(C)cc1C(C)NCC1CCCCC1O. The van der Waals surface area contributed by atoms with Crippen molar-refractivity contribution in [1.82, 2.24) is 15.1 Å². The molecule has 4 heteroatoms. The summed E-state index contributed by atoms with van der Waals surface area (Å²) in [6.07, 6.45) is 6.50. The Hall–Kier alpha value is -0.870. The van der Waals surface area contributed by atoms with Gasteiger partial charge in [-0.1, -0.05) is 12.8 Å². The Bertz CT molecular complexity index is 388. The van der Waals surface area contributed by atoms with Gasteiger partial charge >= 0.3 is 0 Å². The molecule has 0 amide bonds. The highest BCUT2D eigenvalue weighted by molar-refractivity contribution is 5.19. The van der Waals surface area contributed by atoms with Gasteiger partial charge in [0.1, 0.15) is 0 Å². The minimum Gasteiger partial charge on any atom is -0.393 e. The van der Waals surface area contributed by atoms with Crippen molar-refractivity contribution in [3.05, 3.63) is 17.5 Å². The lowest BCUT2D eigenvalue weighted by Crippen LogP contribution is -2.35. The summed E-state index contributed by atoms with van der Waals surface area (Å²) in [6.45, 7) is 5.11. The van der Waals surface area contributed by atoms with Crippen molar-refractivity contribution >= 4 is 0 Å². The highest BCUT2D eigenvalue weighted by Crippen LogP contribution is 2.24. The maximum absolute atomic E-state index is 9.95. The Labute approximate surface area is 109 Å². The van der Waals surface area contributed by atoms with Crippen molar-refractivity contribution in [3.8, 4) is 0 Å². The van der Waals surface area contributed by atoms with Crippen LogP contribution in [-0.4, -0.2) is 27.5 Å². The fourth-order valence-electron chi connectivity index (χ4n) is 2.91. The van der Waals surface area contributed by atoms with Gasteiger partial charge in [0.15, 0.2) is 0 Å². The Balaban J connectivity index is 1.87. The van der Waals surface area contributed by atoms with Gasteiger partial charge in [0.05, 0.1) is 11.8 Å². The van der Waals surface area contributed by atoms with Crippen molar-refractivity contribution in [2.24, 2.45) is 13.0 Å². The zero-order valence-electron chi connectivity index (χ0n) is 11.7. The van der Waals surface area contributed by atoms with E-state index in [0.717, 1.165) is 25.1 Å². The van der Waals surface area contributed by atoms with E-state index in [4.69, 9.17) is 0 Å². The molecule has 3 atom stereocenters. The van der Waals surface area contributed by atoms with E-state index in [2.05, 4.69) is 23.5 Å². The van der Waals surface area contributed by atoms with Crippen LogP contribution in [0.3, 0.4) is 0 Å². The zero-order valence-corrected chi connectivity index (χ0v) is 11.7. The van der Waals surface area contributed by atoms with Crippen LogP contribution in [0.15, 0.2) is 6.20 Å². The largest absolute Gasteiger partial charge is 0.393 e. The molecule has 0 aliphatic heterocycles. The molecule has 1 fully saturated rings. The first-order valence-electron chi connectivity index (χ1n) is 6.99. The molecule has 0 spiro atoms. The molecule has 18 heavy (non-hydrogen) atoms. The summed E-state index contributed by atoms with van der Waals surface area (Å²) in [6, 6.07) is 0.299. The molecule has 2 rings (SSSR count). The van der Waals surface area contributed by atoms with E-state index in [1.165, 1.54) is 18.4 Å². The van der Waals surface area contributed by atoms with Gasteiger partial charge in [0, 0.05) is 31.4 Å². The van der Waals surface area contributed by atoms with E-state index in [1.807, 2.05) is 18.7 Å². The Kier molecular flexibility index (Phi) is 4.40. The van der Waals surface area contributed by atoms with E-state index in [-0.39, 0.29) is 6.10 Å². The molecule has 1 saturated carbocycles. The van der Waals surface area contributed by atoms with Gasteiger partial charge < -0.3 is 10.4 Å². The Morgan fingerprint density at radius 1 is 1.50 bits per heavy atom. The van der Waals surface area contributed by atoms with Crippen LogP contribution in [0, 0.1) is 12.8 Å². The highest BCUT2D eigenvalue weighted by atomic mass is 16.3. The van der Waals surface area contributed by atoms with Gasteiger partial charge in [-0.2, -0.15) is 5.10 Å². The van der Waals surface area contributed by atoms with Crippen LogP contribution in [-0.2, 0) is 7.05 Å². The summed E-state index contributed by atoms with van der Waals surface area (Å²) >= 11 is 0. The summed E-state index contributed by atoms with van der Waals surface area (Å²) < 4.78 is 1.86. The van der Waals surface area contributed by atoms with Crippen LogP contribution >= 0.6 is 0 Å². The van der Waals surface area contributed by atoms with Crippen LogP contribution < -0.4 is 5.32 Å². The average molecular weight is 251 g/mol. The van der Waals surface area contributed by atoms with Gasteiger partial charge in [-0.05, 0) is 32.6 Å². The third-order valence-electron chi connectivity index (χ3n) is 4.07. The molecular formula is C14H25N3O. The molecule has 0 radical (unpaired) electrons. The Morgan fingerprint density at radius 3 is 2.83 bits per heavy atom. The third kappa shape index (κ3) is 3.12. The van der Waals surface area contributed by atoms with Crippen LogP contribution in [0.5, 0.6) is 0 Å². The van der Waals surface area contributed by atoms with E-state index in [1.54, 1.807) is 0 Å². The molecule has 1 aliphatic rings. The van der Waals surface area contributed by atoms with Crippen molar-refractivity contribution in [2.75, 3.05) is 6.54 Å². The van der Waals surface area contributed by atoms with Gasteiger partial charge in [0.2, 0.25) is 0 Å². The summed E-state index contributed by atoms with van der Waals surface area (Å²) in [5.74, 6) is 0.415. The number of nitrogens with zero attached hydrogens (tertiary/aromatic N) is 2. The molecule has 1 aromatic rings. The number of aliphatic hydroxyl groups is 1. The van der Waals surface area contributed by atoms with Crippen LogP contribution in [0.1, 0.15) is 49.9 Å². The maximum Gasteiger partial charge on any atom is 0.0641 e. The fraction of sp³-hybridized carbons (Fsp3) is 0.786.